The Hall–Kier alpha value is -3.86. The highest BCUT2D eigenvalue weighted by atomic mass is 16.5. The second kappa shape index (κ2) is 7.19. The second-order valence-corrected chi connectivity index (χ2v) is 7.20. The predicted molar refractivity (Wildman–Crippen MR) is 120 cm³/mol. The van der Waals surface area contributed by atoms with Crippen molar-refractivity contribution in [2.45, 2.75) is 6.92 Å². The van der Waals surface area contributed by atoms with E-state index in [0.717, 1.165) is 50.2 Å². The molecule has 0 N–H and O–H groups in total. The van der Waals surface area contributed by atoms with E-state index in [4.69, 9.17) is 19.6 Å². The monoisotopic (exact) mass is 395 g/mol. The van der Waals surface area contributed by atoms with E-state index >= 15 is 0 Å². The molecule has 5 heteroatoms. The van der Waals surface area contributed by atoms with Gasteiger partial charge >= 0.3 is 0 Å². The van der Waals surface area contributed by atoms with E-state index in [1.807, 2.05) is 47.3 Å². The summed E-state index contributed by atoms with van der Waals surface area (Å²) >= 11 is 0. The summed E-state index contributed by atoms with van der Waals surface area (Å²) in [4.78, 5) is 4.72. The average Bonchev–Trinajstić information content (AvgIpc) is 3.19. The molecule has 3 aromatic carbocycles. The van der Waals surface area contributed by atoms with Crippen LogP contribution in [0, 0.1) is 6.92 Å². The number of pyridine rings is 1. The van der Waals surface area contributed by atoms with Crippen molar-refractivity contribution in [2.75, 3.05) is 14.2 Å². The maximum absolute atomic E-state index is 5.55. The summed E-state index contributed by atoms with van der Waals surface area (Å²) in [7, 11) is 3.33. The maximum atomic E-state index is 5.55. The molecule has 0 bridgehead atoms. The summed E-state index contributed by atoms with van der Waals surface area (Å²) in [5.41, 5.74) is 5.94. The third kappa shape index (κ3) is 2.87. The Morgan fingerprint density at radius 1 is 0.800 bits per heavy atom. The Bertz CT molecular complexity index is 1350. The van der Waals surface area contributed by atoms with Crippen LogP contribution in [-0.2, 0) is 0 Å². The molecule has 0 saturated heterocycles. The van der Waals surface area contributed by atoms with Crippen molar-refractivity contribution in [3.63, 3.8) is 0 Å². The van der Waals surface area contributed by atoms with E-state index in [1.54, 1.807) is 14.2 Å². The highest BCUT2D eigenvalue weighted by Crippen LogP contribution is 2.36. The number of methoxy groups -OCH3 is 2. The van der Waals surface area contributed by atoms with Gasteiger partial charge in [-0.2, -0.15) is 5.10 Å². The fourth-order valence-electron chi connectivity index (χ4n) is 3.79. The first kappa shape index (κ1) is 18.2. The molecule has 0 aliphatic carbocycles. The Balaban J connectivity index is 1.86. The average molecular weight is 395 g/mol. The van der Waals surface area contributed by atoms with Gasteiger partial charge in [0.15, 0.2) is 0 Å². The summed E-state index contributed by atoms with van der Waals surface area (Å²) in [6.07, 6.45) is 1.89. The molecule has 2 aromatic heterocycles. The number of hydrogen-bond donors (Lipinski definition) is 0. The molecule has 0 spiro atoms. The summed E-state index contributed by atoms with van der Waals surface area (Å²) in [6, 6.07) is 22.3. The van der Waals surface area contributed by atoms with Gasteiger partial charge in [0.1, 0.15) is 22.7 Å². The molecule has 30 heavy (non-hydrogen) atoms. The lowest BCUT2D eigenvalue weighted by Gasteiger charge is -2.09. The van der Waals surface area contributed by atoms with Crippen molar-refractivity contribution in [1.82, 2.24) is 14.8 Å². The van der Waals surface area contributed by atoms with Crippen LogP contribution in [0.2, 0.25) is 0 Å². The molecule has 0 atom stereocenters. The van der Waals surface area contributed by atoms with E-state index in [2.05, 4.69) is 37.3 Å². The van der Waals surface area contributed by atoms with Gasteiger partial charge in [-0.1, -0.05) is 42.0 Å². The normalized spacial score (nSPS) is 11.2. The second-order valence-electron chi connectivity index (χ2n) is 7.20. The van der Waals surface area contributed by atoms with Gasteiger partial charge < -0.3 is 9.47 Å². The van der Waals surface area contributed by atoms with E-state index < -0.39 is 0 Å². The zero-order valence-corrected chi connectivity index (χ0v) is 17.1. The molecule has 0 aliphatic rings. The lowest BCUT2D eigenvalue weighted by molar-refractivity contribution is 0.414. The third-order valence-corrected chi connectivity index (χ3v) is 5.36. The number of nitrogens with zero attached hydrogens (tertiary/aromatic N) is 3. The highest BCUT2D eigenvalue weighted by Gasteiger charge is 2.18. The zero-order valence-electron chi connectivity index (χ0n) is 17.1. The third-order valence-electron chi connectivity index (χ3n) is 5.36. The number of aromatic nitrogens is 3. The first-order valence-corrected chi connectivity index (χ1v) is 9.75. The number of ether oxygens (including phenoxy) is 2. The number of benzene rings is 3. The standard InChI is InChI=1S/C25H21N3O2/c1-16-7-9-17(10-8-16)23-21-15-26-24-20(5-4-6-22(24)30-3)25(21)28(27-23)18-11-13-19(29-2)14-12-18/h4-15H,1-3H3. The number of fused-ring (bicyclic) bond motifs is 3. The van der Waals surface area contributed by atoms with Crippen molar-refractivity contribution in [2.24, 2.45) is 0 Å². The van der Waals surface area contributed by atoms with Gasteiger partial charge in [-0.15, -0.1) is 0 Å². The van der Waals surface area contributed by atoms with Gasteiger partial charge in [-0.3, -0.25) is 4.98 Å². The lowest BCUT2D eigenvalue weighted by atomic mass is 10.1. The minimum atomic E-state index is 0.744. The van der Waals surface area contributed by atoms with Crippen molar-refractivity contribution in [1.29, 1.82) is 0 Å². The molecule has 0 unspecified atom stereocenters. The van der Waals surface area contributed by atoms with E-state index in [9.17, 15) is 0 Å². The van der Waals surface area contributed by atoms with Gasteiger partial charge in [0.25, 0.3) is 0 Å². The van der Waals surface area contributed by atoms with Crippen molar-refractivity contribution in [3.05, 3.63) is 78.5 Å². The Morgan fingerprint density at radius 2 is 1.57 bits per heavy atom. The van der Waals surface area contributed by atoms with Crippen LogP contribution in [0.5, 0.6) is 11.5 Å². The highest BCUT2D eigenvalue weighted by molar-refractivity contribution is 6.10. The first-order chi connectivity index (χ1) is 14.7. The van der Waals surface area contributed by atoms with E-state index in [-0.39, 0.29) is 0 Å². The molecule has 148 valence electrons. The molecule has 0 amide bonds. The van der Waals surface area contributed by atoms with Gasteiger partial charge in [-0.05, 0) is 37.3 Å². The molecule has 5 nitrogen and oxygen atoms in total. The molecule has 0 aliphatic heterocycles. The summed E-state index contributed by atoms with van der Waals surface area (Å²) in [5.74, 6) is 1.55. The van der Waals surface area contributed by atoms with Crippen LogP contribution in [-0.4, -0.2) is 29.0 Å². The number of hydrogen-bond acceptors (Lipinski definition) is 4. The molecule has 5 rings (SSSR count). The van der Waals surface area contributed by atoms with Gasteiger partial charge in [0.05, 0.1) is 25.4 Å². The lowest BCUT2D eigenvalue weighted by Crippen LogP contribution is -1.98. The fraction of sp³-hybridized carbons (Fsp3) is 0.120. The largest absolute Gasteiger partial charge is 0.497 e. The predicted octanol–water partition coefficient (Wildman–Crippen LogP) is 5.57. The SMILES string of the molecule is COc1ccc(-n2nc(-c3ccc(C)cc3)c3cnc4c(OC)cccc4c32)cc1. The number of para-hydroxylation sites is 1. The molecule has 5 aromatic rings. The van der Waals surface area contributed by atoms with Crippen LogP contribution < -0.4 is 9.47 Å². The number of aryl methyl sites for hydroxylation is 1. The molecular weight excluding hydrogens is 374 g/mol. The Morgan fingerprint density at radius 3 is 2.27 bits per heavy atom. The molecule has 2 heterocycles. The topological polar surface area (TPSA) is 49.2 Å². The summed E-state index contributed by atoms with van der Waals surface area (Å²) in [5, 5.41) is 7.01. The van der Waals surface area contributed by atoms with Gasteiger partial charge in [-0.25, -0.2) is 4.68 Å². The van der Waals surface area contributed by atoms with Crippen LogP contribution in [0.3, 0.4) is 0 Å². The quantitative estimate of drug-likeness (QED) is 0.399. The van der Waals surface area contributed by atoms with E-state index in [0.29, 0.717) is 0 Å². The first-order valence-electron chi connectivity index (χ1n) is 9.75. The minimum absolute atomic E-state index is 0.744. The molecule has 0 radical (unpaired) electrons. The van der Waals surface area contributed by atoms with Crippen LogP contribution in [0.15, 0.2) is 72.9 Å². The zero-order chi connectivity index (χ0) is 20.7. The van der Waals surface area contributed by atoms with Gasteiger partial charge in [0.2, 0.25) is 0 Å². The molecule has 0 fully saturated rings. The smallest absolute Gasteiger partial charge is 0.145 e. The molecular formula is C25H21N3O2. The van der Waals surface area contributed by atoms with Gasteiger partial charge in [0, 0.05) is 22.5 Å². The van der Waals surface area contributed by atoms with Crippen LogP contribution in [0.25, 0.3) is 38.8 Å². The minimum Gasteiger partial charge on any atom is -0.497 e. The summed E-state index contributed by atoms with van der Waals surface area (Å²) in [6.45, 7) is 2.08. The van der Waals surface area contributed by atoms with Crippen molar-refractivity contribution < 1.29 is 9.47 Å². The van der Waals surface area contributed by atoms with Crippen LogP contribution in [0.1, 0.15) is 5.56 Å². The Kier molecular flexibility index (Phi) is 4.36. The number of rotatable bonds is 4. The fourth-order valence-corrected chi connectivity index (χ4v) is 3.79. The Labute approximate surface area is 174 Å². The van der Waals surface area contributed by atoms with Crippen molar-refractivity contribution in [3.8, 4) is 28.4 Å². The summed E-state index contributed by atoms with van der Waals surface area (Å²) < 4.78 is 12.9. The van der Waals surface area contributed by atoms with Crippen LogP contribution in [0.4, 0.5) is 0 Å². The maximum Gasteiger partial charge on any atom is 0.145 e. The van der Waals surface area contributed by atoms with E-state index in [1.165, 1.54) is 5.56 Å². The van der Waals surface area contributed by atoms with Crippen LogP contribution >= 0.6 is 0 Å². The van der Waals surface area contributed by atoms with Crippen molar-refractivity contribution >= 4 is 21.8 Å². The molecule has 0 saturated carbocycles.